The first kappa shape index (κ1) is 14.4. The van der Waals surface area contributed by atoms with Crippen molar-refractivity contribution in [3.63, 3.8) is 0 Å². The summed E-state index contributed by atoms with van der Waals surface area (Å²) in [7, 11) is 0. The van der Waals surface area contributed by atoms with Crippen molar-refractivity contribution in [3.8, 4) is 11.1 Å². The standard InChI is InChI=1S/C17H11F3O2/c1-10-2-4-11(5-3-10)12-6-7-15-13(8-12)16(21)14(9-22-15)17(18,19)20/h2-9H,1H3. The van der Waals surface area contributed by atoms with Gasteiger partial charge in [-0.15, -0.1) is 0 Å². The fourth-order valence-electron chi connectivity index (χ4n) is 2.25. The minimum absolute atomic E-state index is 0.0760. The molecule has 5 heteroatoms. The van der Waals surface area contributed by atoms with Crippen LogP contribution >= 0.6 is 0 Å². The quantitative estimate of drug-likeness (QED) is 0.647. The van der Waals surface area contributed by atoms with Crippen LogP contribution in [0.4, 0.5) is 13.2 Å². The summed E-state index contributed by atoms with van der Waals surface area (Å²) < 4.78 is 43.3. The van der Waals surface area contributed by atoms with Crippen LogP contribution in [0.2, 0.25) is 0 Å². The van der Waals surface area contributed by atoms with Crippen molar-refractivity contribution >= 4 is 11.0 Å². The molecule has 2 aromatic carbocycles. The van der Waals surface area contributed by atoms with E-state index in [1.54, 1.807) is 6.07 Å². The highest BCUT2D eigenvalue weighted by Crippen LogP contribution is 2.29. The maximum atomic E-state index is 12.8. The van der Waals surface area contributed by atoms with Gasteiger partial charge in [-0.25, -0.2) is 0 Å². The van der Waals surface area contributed by atoms with Crippen LogP contribution in [0.1, 0.15) is 11.1 Å². The van der Waals surface area contributed by atoms with Crippen LogP contribution in [0.3, 0.4) is 0 Å². The summed E-state index contributed by atoms with van der Waals surface area (Å²) in [5.41, 5.74) is 0.337. The Morgan fingerprint density at radius 3 is 2.23 bits per heavy atom. The third-order valence-electron chi connectivity index (χ3n) is 3.46. The molecule has 0 fully saturated rings. The molecule has 0 radical (unpaired) electrons. The number of hydrogen-bond acceptors (Lipinski definition) is 2. The largest absolute Gasteiger partial charge is 0.463 e. The second kappa shape index (κ2) is 5.02. The summed E-state index contributed by atoms with van der Waals surface area (Å²) >= 11 is 0. The molecule has 112 valence electrons. The summed E-state index contributed by atoms with van der Waals surface area (Å²) in [6, 6.07) is 12.1. The lowest BCUT2D eigenvalue weighted by Gasteiger charge is -2.07. The Kier molecular flexibility index (Phi) is 3.28. The van der Waals surface area contributed by atoms with E-state index >= 15 is 0 Å². The summed E-state index contributed by atoms with van der Waals surface area (Å²) in [4.78, 5) is 12.0. The third kappa shape index (κ3) is 2.50. The van der Waals surface area contributed by atoms with Crippen molar-refractivity contribution < 1.29 is 17.6 Å². The molecule has 1 heterocycles. The molecular formula is C17H11F3O2. The van der Waals surface area contributed by atoms with Gasteiger partial charge in [0.25, 0.3) is 0 Å². The predicted molar refractivity (Wildman–Crippen MR) is 77.7 cm³/mol. The van der Waals surface area contributed by atoms with Crippen molar-refractivity contribution in [3.05, 3.63) is 70.1 Å². The molecule has 0 bridgehead atoms. The zero-order chi connectivity index (χ0) is 15.9. The molecule has 0 aliphatic carbocycles. The van der Waals surface area contributed by atoms with Crippen molar-refractivity contribution in [2.24, 2.45) is 0 Å². The van der Waals surface area contributed by atoms with Crippen molar-refractivity contribution in [1.82, 2.24) is 0 Å². The fraction of sp³-hybridized carbons (Fsp3) is 0.118. The predicted octanol–water partition coefficient (Wildman–Crippen LogP) is 4.79. The minimum Gasteiger partial charge on any atom is -0.463 e. The van der Waals surface area contributed by atoms with Crippen LogP contribution < -0.4 is 5.43 Å². The van der Waals surface area contributed by atoms with Gasteiger partial charge < -0.3 is 4.42 Å². The van der Waals surface area contributed by atoms with Crippen LogP contribution in [0.15, 0.2) is 57.9 Å². The SMILES string of the molecule is Cc1ccc(-c2ccc3occ(C(F)(F)F)c(=O)c3c2)cc1. The average molecular weight is 304 g/mol. The molecular weight excluding hydrogens is 293 g/mol. The molecule has 0 spiro atoms. The summed E-state index contributed by atoms with van der Waals surface area (Å²) in [5.74, 6) is 0. The Hall–Kier alpha value is -2.56. The van der Waals surface area contributed by atoms with Crippen molar-refractivity contribution in [1.29, 1.82) is 0 Å². The molecule has 0 saturated heterocycles. The lowest BCUT2D eigenvalue weighted by molar-refractivity contribution is -0.139. The minimum atomic E-state index is -4.73. The Morgan fingerprint density at radius 2 is 1.59 bits per heavy atom. The van der Waals surface area contributed by atoms with Gasteiger partial charge in [0.1, 0.15) is 17.4 Å². The molecule has 0 atom stereocenters. The molecule has 0 aliphatic heterocycles. The zero-order valence-electron chi connectivity index (χ0n) is 11.6. The molecule has 3 rings (SSSR count). The first-order valence-electron chi connectivity index (χ1n) is 6.56. The van der Waals surface area contributed by atoms with E-state index in [9.17, 15) is 18.0 Å². The Bertz CT molecular complexity index is 890. The van der Waals surface area contributed by atoms with Crippen LogP contribution in [-0.4, -0.2) is 0 Å². The van der Waals surface area contributed by atoms with E-state index in [1.165, 1.54) is 12.1 Å². The van der Waals surface area contributed by atoms with Gasteiger partial charge in [0.15, 0.2) is 0 Å². The van der Waals surface area contributed by atoms with E-state index in [4.69, 9.17) is 4.42 Å². The molecule has 22 heavy (non-hydrogen) atoms. The lowest BCUT2D eigenvalue weighted by Crippen LogP contribution is -2.18. The zero-order valence-corrected chi connectivity index (χ0v) is 11.6. The van der Waals surface area contributed by atoms with E-state index < -0.39 is 17.2 Å². The molecule has 0 saturated carbocycles. The molecule has 0 aliphatic rings. The van der Waals surface area contributed by atoms with Gasteiger partial charge in [0.05, 0.1) is 5.39 Å². The first-order chi connectivity index (χ1) is 10.4. The molecule has 2 nitrogen and oxygen atoms in total. The molecule has 0 unspecified atom stereocenters. The van der Waals surface area contributed by atoms with Crippen molar-refractivity contribution in [2.75, 3.05) is 0 Å². The van der Waals surface area contributed by atoms with Gasteiger partial charge in [-0.1, -0.05) is 35.9 Å². The van der Waals surface area contributed by atoms with Gasteiger partial charge in [0, 0.05) is 0 Å². The summed E-state index contributed by atoms with van der Waals surface area (Å²) in [6.07, 6.45) is -4.26. The fourth-order valence-corrected chi connectivity index (χ4v) is 2.25. The number of aryl methyl sites for hydroxylation is 1. The number of benzene rings is 2. The van der Waals surface area contributed by atoms with Crippen molar-refractivity contribution in [2.45, 2.75) is 13.1 Å². The molecule has 0 amide bonds. The second-order valence-electron chi connectivity index (χ2n) is 5.05. The summed E-state index contributed by atoms with van der Waals surface area (Å²) in [5, 5.41) is -0.0760. The topological polar surface area (TPSA) is 30.2 Å². The normalized spacial score (nSPS) is 11.8. The van der Waals surface area contributed by atoms with Crippen LogP contribution in [0, 0.1) is 6.92 Å². The second-order valence-corrected chi connectivity index (χ2v) is 5.05. The van der Waals surface area contributed by atoms with Gasteiger partial charge in [-0.05, 0) is 30.2 Å². The Morgan fingerprint density at radius 1 is 0.955 bits per heavy atom. The van der Waals surface area contributed by atoms with Gasteiger partial charge in [-0.2, -0.15) is 13.2 Å². The van der Waals surface area contributed by atoms with E-state index in [1.807, 2.05) is 31.2 Å². The Balaban J connectivity index is 2.22. The van der Waals surface area contributed by atoms with E-state index in [0.29, 0.717) is 11.8 Å². The Labute approximate surface area is 123 Å². The molecule has 1 aromatic heterocycles. The highest BCUT2D eigenvalue weighted by atomic mass is 19.4. The molecule has 3 aromatic rings. The van der Waals surface area contributed by atoms with E-state index in [0.717, 1.165) is 11.1 Å². The first-order valence-corrected chi connectivity index (χ1v) is 6.56. The smallest absolute Gasteiger partial charge is 0.423 e. The summed E-state index contributed by atoms with van der Waals surface area (Å²) in [6.45, 7) is 1.94. The highest BCUT2D eigenvalue weighted by molar-refractivity contribution is 5.83. The maximum absolute atomic E-state index is 12.8. The highest BCUT2D eigenvalue weighted by Gasteiger charge is 2.35. The van der Waals surface area contributed by atoms with Gasteiger partial charge in [0.2, 0.25) is 5.43 Å². The number of hydrogen-bond donors (Lipinski definition) is 0. The average Bonchev–Trinajstić information content (AvgIpc) is 2.47. The van der Waals surface area contributed by atoms with Gasteiger partial charge in [-0.3, -0.25) is 4.79 Å². The number of fused-ring (bicyclic) bond motifs is 1. The third-order valence-corrected chi connectivity index (χ3v) is 3.46. The van der Waals surface area contributed by atoms with Crippen LogP contribution in [0.25, 0.3) is 22.1 Å². The van der Waals surface area contributed by atoms with Crippen LogP contribution in [-0.2, 0) is 6.18 Å². The monoisotopic (exact) mass is 304 g/mol. The lowest BCUT2D eigenvalue weighted by atomic mass is 10.0. The number of halogens is 3. The van der Waals surface area contributed by atoms with E-state index in [-0.39, 0.29) is 11.0 Å². The van der Waals surface area contributed by atoms with Crippen LogP contribution in [0.5, 0.6) is 0 Å². The molecule has 0 N–H and O–H groups in total. The number of alkyl halides is 3. The van der Waals surface area contributed by atoms with Gasteiger partial charge >= 0.3 is 6.18 Å². The maximum Gasteiger partial charge on any atom is 0.423 e. The van der Waals surface area contributed by atoms with E-state index in [2.05, 4.69) is 0 Å². The number of rotatable bonds is 1.